The maximum atomic E-state index is 5.55. The van der Waals surface area contributed by atoms with Gasteiger partial charge in [-0.05, 0) is 35.9 Å². The van der Waals surface area contributed by atoms with Crippen molar-refractivity contribution >= 4 is 11.6 Å². The lowest BCUT2D eigenvalue weighted by Gasteiger charge is -2.02. The average Bonchev–Trinajstić information content (AvgIpc) is 2.03. The Morgan fingerprint density at radius 3 is 2.42 bits per heavy atom. The van der Waals surface area contributed by atoms with Crippen molar-refractivity contribution in [3.63, 3.8) is 0 Å². The molecule has 2 nitrogen and oxygen atoms in total. The van der Waals surface area contributed by atoms with Crippen LogP contribution in [-0.2, 0) is 6.42 Å². The zero-order valence-corrected chi connectivity index (χ0v) is 8.17. The van der Waals surface area contributed by atoms with Gasteiger partial charge in [-0.25, -0.2) is 9.97 Å². The second-order valence-corrected chi connectivity index (χ2v) is 3.63. The minimum atomic E-state index is 0.322. The molecule has 0 N–H and O–H groups in total. The largest absolute Gasteiger partial charge is 0.226 e. The molecule has 0 spiro atoms. The van der Waals surface area contributed by atoms with Crippen molar-refractivity contribution in [3.8, 4) is 0 Å². The van der Waals surface area contributed by atoms with E-state index in [4.69, 9.17) is 11.6 Å². The van der Waals surface area contributed by atoms with Gasteiger partial charge >= 0.3 is 0 Å². The van der Waals surface area contributed by atoms with Crippen LogP contribution in [0.3, 0.4) is 0 Å². The molecule has 0 fully saturated rings. The Kier molecular flexibility index (Phi) is 3.48. The van der Waals surface area contributed by atoms with Crippen molar-refractivity contribution in [2.75, 3.05) is 0 Å². The number of aryl methyl sites for hydroxylation is 1. The standard InChI is InChI=1S/C9H13ClN2/c1-7(2)3-4-8-5-11-9(10)12-6-8/h5-7H,3-4H2,1-2H3. The summed E-state index contributed by atoms with van der Waals surface area (Å²) in [5.41, 5.74) is 1.16. The minimum Gasteiger partial charge on any atom is -0.226 e. The minimum absolute atomic E-state index is 0.322. The third-order valence-corrected chi connectivity index (χ3v) is 1.88. The summed E-state index contributed by atoms with van der Waals surface area (Å²) in [6.07, 6.45) is 5.79. The molecule has 0 aliphatic heterocycles. The highest BCUT2D eigenvalue weighted by atomic mass is 35.5. The number of aromatic nitrogens is 2. The van der Waals surface area contributed by atoms with E-state index >= 15 is 0 Å². The summed E-state index contributed by atoms with van der Waals surface area (Å²) in [5.74, 6) is 0.723. The molecule has 0 bridgehead atoms. The highest BCUT2D eigenvalue weighted by Gasteiger charge is 1.97. The van der Waals surface area contributed by atoms with E-state index in [0.717, 1.165) is 17.9 Å². The molecule has 0 amide bonds. The lowest BCUT2D eigenvalue weighted by molar-refractivity contribution is 0.585. The molecule has 1 aromatic heterocycles. The van der Waals surface area contributed by atoms with Crippen molar-refractivity contribution in [1.29, 1.82) is 0 Å². The molecular formula is C9H13ClN2. The zero-order valence-electron chi connectivity index (χ0n) is 7.42. The monoisotopic (exact) mass is 184 g/mol. The van der Waals surface area contributed by atoms with Crippen LogP contribution in [0.1, 0.15) is 25.8 Å². The number of hydrogen-bond acceptors (Lipinski definition) is 2. The summed E-state index contributed by atoms with van der Waals surface area (Å²) < 4.78 is 0. The van der Waals surface area contributed by atoms with Crippen molar-refractivity contribution < 1.29 is 0 Å². The molecule has 0 aliphatic rings. The van der Waals surface area contributed by atoms with E-state index in [9.17, 15) is 0 Å². The Hall–Kier alpha value is -0.630. The average molecular weight is 185 g/mol. The Bertz CT molecular complexity index is 231. The van der Waals surface area contributed by atoms with Crippen LogP contribution in [0, 0.1) is 5.92 Å². The third kappa shape index (κ3) is 3.18. The van der Waals surface area contributed by atoms with Crippen LogP contribution in [0.15, 0.2) is 12.4 Å². The second-order valence-electron chi connectivity index (χ2n) is 3.29. The van der Waals surface area contributed by atoms with E-state index in [2.05, 4.69) is 23.8 Å². The molecule has 66 valence electrons. The van der Waals surface area contributed by atoms with Gasteiger partial charge in [0, 0.05) is 12.4 Å². The fraction of sp³-hybridized carbons (Fsp3) is 0.556. The van der Waals surface area contributed by atoms with Gasteiger partial charge in [-0.1, -0.05) is 13.8 Å². The summed E-state index contributed by atoms with van der Waals surface area (Å²) in [6.45, 7) is 4.41. The third-order valence-electron chi connectivity index (χ3n) is 1.68. The van der Waals surface area contributed by atoms with E-state index in [0.29, 0.717) is 5.28 Å². The van der Waals surface area contributed by atoms with E-state index in [1.807, 2.05) is 0 Å². The fourth-order valence-electron chi connectivity index (χ4n) is 0.923. The summed E-state index contributed by atoms with van der Waals surface area (Å²) in [7, 11) is 0. The molecule has 0 unspecified atom stereocenters. The molecule has 0 saturated heterocycles. The molecule has 0 aromatic carbocycles. The first kappa shape index (κ1) is 9.46. The van der Waals surface area contributed by atoms with Gasteiger partial charge in [-0.3, -0.25) is 0 Å². The van der Waals surface area contributed by atoms with Crippen LogP contribution in [0.4, 0.5) is 0 Å². The molecule has 12 heavy (non-hydrogen) atoms. The van der Waals surface area contributed by atoms with Gasteiger partial charge in [0.1, 0.15) is 0 Å². The zero-order chi connectivity index (χ0) is 8.97. The predicted molar refractivity (Wildman–Crippen MR) is 50.2 cm³/mol. The molecular weight excluding hydrogens is 172 g/mol. The van der Waals surface area contributed by atoms with Crippen LogP contribution in [0.5, 0.6) is 0 Å². The molecule has 1 heterocycles. The van der Waals surface area contributed by atoms with Crippen molar-refractivity contribution in [3.05, 3.63) is 23.2 Å². The van der Waals surface area contributed by atoms with E-state index < -0.39 is 0 Å². The quantitative estimate of drug-likeness (QED) is 0.676. The molecule has 0 atom stereocenters. The maximum Gasteiger partial charge on any atom is 0.222 e. The van der Waals surface area contributed by atoms with Crippen molar-refractivity contribution in [2.45, 2.75) is 26.7 Å². The van der Waals surface area contributed by atoms with Crippen LogP contribution >= 0.6 is 11.6 Å². The Morgan fingerprint density at radius 1 is 1.33 bits per heavy atom. The summed E-state index contributed by atoms with van der Waals surface area (Å²) in [4.78, 5) is 7.82. The van der Waals surface area contributed by atoms with E-state index in [1.54, 1.807) is 12.4 Å². The Labute approximate surface area is 78.0 Å². The molecule has 0 aliphatic carbocycles. The normalized spacial score (nSPS) is 10.7. The highest BCUT2D eigenvalue weighted by Crippen LogP contribution is 2.08. The van der Waals surface area contributed by atoms with E-state index in [-0.39, 0.29) is 0 Å². The number of nitrogens with zero attached hydrogens (tertiary/aromatic N) is 2. The molecule has 0 saturated carbocycles. The summed E-state index contributed by atoms with van der Waals surface area (Å²) in [6, 6.07) is 0. The fourth-order valence-corrected chi connectivity index (χ4v) is 1.02. The molecule has 1 aromatic rings. The Balaban J connectivity index is 2.48. The SMILES string of the molecule is CC(C)CCc1cnc(Cl)nc1. The maximum absolute atomic E-state index is 5.55. The predicted octanol–water partition coefficient (Wildman–Crippen LogP) is 2.72. The first-order chi connectivity index (χ1) is 5.68. The van der Waals surface area contributed by atoms with Crippen LogP contribution in [0.2, 0.25) is 5.28 Å². The summed E-state index contributed by atoms with van der Waals surface area (Å²) in [5, 5.41) is 0.322. The lowest BCUT2D eigenvalue weighted by Crippen LogP contribution is -1.93. The number of hydrogen-bond donors (Lipinski definition) is 0. The van der Waals surface area contributed by atoms with Gasteiger partial charge < -0.3 is 0 Å². The van der Waals surface area contributed by atoms with Crippen molar-refractivity contribution in [2.24, 2.45) is 5.92 Å². The van der Waals surface area contributed by atoms with E-state index in [1.165, 1.54) is 6.42 Å². The number of rotatable bonds is 3. The lowest BCUT2D eigenvalue weighted by atomic mass is 10.1. The van der Waals surface area contributed by atoms with Gasteiger partial charge in [-0.2, -0.15) is 0 Å². The molecule has 3 heteroatoms. The first-order valence-corrected chi connectivity index (χ1v) is 4.52. The van der Waals surface area contributed by atoms with Crippen molar-refractivity contribution in [1.82, 2.24) is 9.97 Å². The number of halogens is 1. The summed E-state index contributed by atoms with van der Waals surface area (Å²) >= 11 is 5.55. The van der Waals surface area contributed by atoms with Gasteiger partial charge in [0.2, 0.25) is 5.28 Å². The van der Waals surface area contributed by atoms with Gasteiger partial charge in [-0.15, -0.1) is 0 Å². The van der Waals surface area contributed by atoms with Gasteiger partial charge in [0.05, 0.1) is 0 Å². The molecule has 1 rings (SSSR count). The van der Waals surface area contributed by atoms with Crippen LogP contribution < -0.4 is 0 Å². The van der Waals surface area contributed by atoms with Gasteiger partial charge in [0.15, 0.2) is 0 Å². The molecule has 0 radical (unpaired) electrons. The topological polar surface area (TPSA) is 25.8 Å². The Morgan fingerprint density at radius 2 is 1.92 bits per heavy atom. The second kappa shape index (κ2) is 4.41. The van der Waals surface area contributed by atoms with Crippen LogP contribution in [0.25, 0.3) is 0 Å². The highest BCUT2D eigenvalue weighted by molar-refractivity contribution is 6.28. The first-order valence-electron chi connectivity index (χ1n) is 4.15. The van der Waals surface area contributed by atoms with Crippen LogP contribution in [-0.4, -0.2) is 9.97 Å². The van der Waals surface area contributed by atoms with Gasteiger partial charge in [0.25, 0.3) is 0 Å². The smallest absolute Gasteiger partial charge is 0.222 e.